The van der Waals surface area contributed by atoms with Crippen LogP contribution in [0, 0.1) is 13.8 Å². The maximum atomic E-state index is 12.7. The Morgan fingerprint density at radius 3 is 2.82 bits per heavy atom. The van der Waals surface area contributed by atoms with Gasteiger partial charge in [0, 0.05) is 17.4 Å². The van der Waals surface area contributed by atoms with Crippen molar-refractivity contribution in [3.8, 4) is 0 Å². The van der Waals surface area contributed by atoms with Crippen molar-refractivity contribution in [2.24, 2.45) is 0 Å². The summed E-state index contributed by atoms with van der Waals surface area (Å²) < 4.78 is 0. The minimum atomic E-state index is 0.123. The van der Waals surface area contributed by atoms with Crippen LogP contribution in [0.3, 0.4) is 0 Å². The smallest absolute Gasteiger partial charge is 0.246 e. The first-order valence-electron chi connectivity index (χ1n) is 7.77. The predicted octanol–water partition coefficient (Wildman–Crippen LogP) is 3.69. The van der Waals surface area contributed by atoms with Crippen LogP contribution in [-0.4, -0.2) is 18.5 Å². The van der Waals surface area contributed by atoms with Crippen molar-refractivity contribution in [2.75, 3.05) is 16.8 Å². The number of benzene rings is 2. The summed E-state index contributed by atoms with van der Waals surface area (Å²) in [5.41, 5.74) is 5.71. The Hall–Kier alpha value is -2.29. The van der Waals surface area contributed by atoms with E-state index in [4.69, 9.17) is 0 Å². The molecule has 1 aliphatic rings. The van der Waals surface area contributed by atoms with E-state index in [-0.39, 0.29) is 11.9 Å². The molecule has 1 heterocycles. The predicted molar refractivity (Wildman–Crippen MR) is 91.5 cm³/mol. The number of amides is 1. The minimum absolute atomic E-state index is 0.123. The molecule has 0 spiro atoms. The van der Waals surface area contributed by atoms with Gasteiger partial charge in [-0.25, -0.2) is 0 Å². The van der Waals surface area contributed by atoms with Crippen molar-refractivity contribution in [2.45, 2.75) is 33.2 Å². The molecule has 1 atom stereocenters. The fraction of sp³-hybridized carbons (Fsp3) is 0.316. The number of fused-ring (bicyclic) bond motifs is 1. The van der Waals surface area contributed by atoms with Gasteiger partial charge in [0.25, 0.3) is 0 Å². The van der Waals surface area contributed by atoms with Crippen LogP contribution in [0.1, 0.15) is 23.6 Å². The summed E-state index contributed by atoms with van der Waals surface area (Å²) in [4.78, 5) is 14.6. The molecule has 114 valence electrons. The van der Waals surface area contributed by atoms with Gasteiger partial charge >= 0.3 is 0 Å². The average Bonchev–Trinajstić information content (AvgIpc) is 2.83. The van der Waals surface area contributed by atoms with Crippen LogP contribution >= 0.6 is 0 Å². The first kappa shape index (κ1) is 14.6. The molecule has 2 aromatic carbocycles. The molecular weight excluding hydrogens is 272 g/mol. The van der Waals surface area contributed by atoms with Crippen LogP contribution in [0.2, 0.25) is 0 Å². The minimum Gasteiger partial charge on any atom is -0.376 e. The van der Waals surface area contributed by atoms with E-state index in [9.17, 15) is 4.79 Å². The van der Waals surface area contributed by atoms with Gasteiger partial charge < -0.3 is 10.2 Å². The van der Waals surface area contributed by atoms with Gasteiger partial charge in [0.2, 0.25) is 5.91 Å². The van der Waals surface area contributed by atoms with Gasteiger partial charge in [-0.3, -0.25) is 4.79 Å². The Labute approximate surface area is 132 Å². The molecule has 3 nitrogen and oxygen atoms in total. The summed E-state index contributed by atoms with van der Waals surface area (Å²) >= 11 is 0. The molecule has 1 N–H and O–H groups in total. The Morgan fingerprint density at radius 1 is 1.23 bits per heavy atom. The Morgan fingerprint density at radius 2 is 2.00 bits per heavy atom. The maximum absolute atomic E-state index is 12.7. The summed E-state index contributed by atoms with van der Waals surface area (Å²) in [5, 5.41) is 3.29. The number of carbonyl (C=O) groups excluding carboxylic acids is 1. The van der Waals surface area contributed by atoms with Gasteiger partial charge in [-0.2, -0.15) is 0 Å². The lowest BCUT2D eigenvalue weighted by Crippen LogP contribution is -2.39. The first-order valence-corrected chi connectivity index (χ1v) is 7.77. The molecular formula is C19H22N2O. The van der Waals surface area contributed by atoms with Crippen molar-refractivity contribution in [3.05, 3.63) is 59.2 Å². The number of anilines is 2. The Bertz CT molecular complexity index is 708. The van der Waals surface area contributed by atoms with E-state index < -0.39 is 0 Å². The molecule has 0 unspecified atom stereocenters. The molecule has 3 rings (SSSR count). The molecule has 0 saturated heterocycles. The fourth-order valence-electron chi connectivity index (χ4n) is 3.13. The lowest BCUT2D eigenvalue weighted by molar-refractivity contribution is -0.117. The van der Waals surface area contributed by atoms with E-state index in [0.717, 1.165) is 23.4 Å². The van der Waals surface area contributed by atoms with Crippen molar-refractivity contribution in [1.29, 1.82) is 0 Å². The first-order chi connectivity index (χ1) is 10.6. The molecule has 0 bridgehead atoms. The van der Waals surface area contributed by atoms with Gasteiger partial charge in [0.1, 0.15) is 0 Å². The normalized spacial score (nSPS) is 16.5. The molecule has 2 aromatic rings. The topological polar surface area (TPSA) is 32.3 Å². The lowest BCUT2D eigenvalue weighted by Gasteiger charge is -2.23. The van der Waals surface area contributed by atoms with Crippen LogP contribution in [0.25, 0.3) is 0 Å². The molecule has 1 aliphatic heterocycles. The quantitative estimate of drug-likeness (QED) is 0.936. The van der Waals surface area contributed by atoms with E-state index in [1.807, 2.05) is 23.1 Å². The maximum Gasteiger partial charge on any atom is 0.246 e. The van der Waals surface area contributed by atoms with Gasteiger partial charge in [-0.15, -0.1) is 0 Å². The zero-order chi connectivity index (χ0) is 15.7. The summed E-state index contributed by atoms with van der Waals surface area (Å²) in [6.45, 7) is 6.55. The number of carbonyl (C=O) groups is 1. The highest BCUT2D eigenvalue weighted by molar-refractivity contribution is 5.98. The molecule has 0 fully saturated rings. The van der Waals surface area contributed by atoms with E-state index >= 15 is 0 Å². The summed E-state index contributed by atoms with van der Waals surface area (Å²) in [7, 11) is 0. The zero-order valence-electron chi connectivity index (χ0n) is 13.4. The van der Waals surface area contributed by atoms with Crippen molar-refractivity contribution >= 4 is 17.3 Å². The number of nitrogens with one attached hydrogen (secondary N) is 1. The van der Waals surface area contributed by atoms with Crippen LogP contribution in [0.5, 0.6) is 0 Å². The monoisotopic (exact) mass is 294 g/mol. The zero-order valence-corrected chi connectivity index (χ0v) is 13.4. The molecule has 0 radical (unpaired) electrons. The van der Waals surface area contributed by atoms with Crippen molar-refractivity contribution < 1.29 is 4.79 Å². The van der Waals surface area contributed by atoms with Crippen LogP contribution in [0.4, 0.5) is 11.4 Å². The van der Waals surface area contributed by atoms with Crippen LogP contribution in [0.15, 0.2) is 42.5 Å². The van der Waals surface area contributed by atoms with Gasteiger partial charge in [0.15, 0.2) is 0 Å². The van der Waals surface area contributed by atoms with E-state index in [0.29, 0.717) is 6.54 Å². The number of hydrogen-bond donors (Lipinski definition) is 1. The van der Waals surface area contributed by atoms with Crippen molar-refractivity contribution in [1.82, 2.24) is 0 Å². The van der Waals surface area contributed by atoms with Gasteiger partial charge in [0.05, 0.1) is 6.54 Å². The second-order valence-electron chi connectivity index (χ2n) is 6.12. The largest absolute Gasteiger partial charge is 0.376 e. The molecule has 3 heteroatoms. The molecule has 1 amide bonds. The molecule has 0 saturated carbocycles. The highest BCUT2D eigenvalue weighted by Crippen LogP contribution is 2.31. The van der Waals surface area contributed by atoms with E-state index in [2.05, 4.69) is 50.4 Å². The molecule has 0 aromatic heterocycles. The number of nitrogens with zero attached hydrogens (tertiary/aromatic N) is 1. The second kappa shape index (κ2) is 5.84. The third kappa shape index (κ3) is 2.71. The Balaban J connectivity index is 1.74. The van der Waals surface area contributed by atoms with Crippen LogP contribution in [-0.2, 0) is 11.2 Å². The number of para-hydroxylation sites is 1. The third-order valence-corrected chi connectivity index (χ3v) is 4.30. The summed E-state index contributed by atoms with van der Waals surface area (Å²) in [5.74, 6) is 0.123. The SMILES string of the molecule is Cc1ccc(C)c(NCC(=O)N2c3ccccc3C[C@H]2C)c1. The lowest BCUT2D eigenvalue weighted by atomic mass is 10.1. The average molecular weight is 294 g/mol. The fourth-order valence-corrected chi connectivity index (χ4v) is 3.13. The second-order valence-corrected chi connectivity index (χ2v) is 6.12. The summed E-state index contributed by atoms with van der Waals surface area (Å²) in [6.07, 6.45) is 0.936. The third-order valence-electron chi connectivity index (χ3n) is 4.30. The highest BCUT2D eigenvalue weighted by atomic mass is 16.2. The standard InChI is InChI=1S/C19H22N2O/c1-13-8-9-14(2)17(10-13)20-12-19(22)21-15(3)11-16-6-4-5-7-18(16)21/h4-10,15,20H,11-12H2,1-3H3/t15-/m1/s1. The highest BCUT2D eigenvalue weighted by Gasteiger charge is 2.30. The van der Waals surface area contributed by atoms with E-state index in [1.165, 1.54) is 11.1 Å². The van der Waals surface area contributed by atoms with Crippen LogP contribution < -0.4 is 10.2 Å². The number of rotatable bonds is 3. The number of hydrogen-bond acceptors (Lipinski definition) is 2. The van der Waals surface area contributed by atoms with Gasteiger partial charge in [-0.1, -0.05) is 30.3 Å². The van der Waals surface area contributed by atoms with E-state index in [1.54, 1.807) is 0 Å². The summed E-state index contributed by atoms with van der Waals surface area (Å²) in [6, 6.07) is 14.7. The number of aryl methyl sites for hydroxylation is 2. The van der Waals surface area contributed by atoms with Crippen molar-refractivity contribution in [3.63, 3.8) is 0 Å². The molecule has 0 aliphatic carbocycles. The molecule has 22 heavy (non-hydrogen) atoms. The van der Waals surface area contributed by atoms with Gasteiger partial charge in [-0.05, 0) is 56.0 Å². The Kier molecular flexibility index (Phi) is 3.88.